The Labute approximate surface area is 161 Å². The van der Waals surface area contributed by atoms with Gasteiger partial charge in [-0.2, -0.15) is 5.26 Å². The maximum Gasteiger partial charge on any atom is 0.170 e. The van der Waals surface area contributed by atoms with Crippen molar-refractivity contribution >= 4 is 6.29 Å². The van der Waals surface area contributed by atoms with Crippen molar-refractivity contribution in [2.24, 2.45) is 5.92 Å². The van der Waals surface area contributed by atoms with Gasteiger partial charge in [-0.1, -0.05) is 12.1 Å². The molecule has 7 nitrogen and oxygen atoms in total. The predicted octanol–water partition coefficient (Wildman–Crippen LogP) is 1.63. The molecule has 144 valence electrons. The zero-order valence-electron chi connectivity index (χ0n) is 15.4. The summed E-state index contributed by atoms with van der Waals surface area (Å²) in [5.74, 6) is 0.237. The van der Waals surface area contributed by atoms with Gasteiger partial charge in [-0.25, -0.2) is 0 Å². The van der Waals surface area contributed by atoms with Gasteiger partial charge in [0.2, 0.25) is 0 Å². The van der Waals surface area contributed by atoms with E-state index in [1.807, 2.05) is 6.07 Å². The first-order valence-corrected chi connectivity index (χ1v) is 8.77. The molecule has 1 aliphatic heterocycles. The number of ether oxygens (including phenoxy) is 3. The molecule has 1 aliphatic carbocycles. The number of benzene rings is 2. The molecule has 28 heavy (non-hydrogen) atoms. The first-order chi connectivity index (χ1) is 13.4. The SMILES string of the molecule is COc1cc(OC)c2c(c1)O[C@]1(c3ccc(C#N)cc3)CC(C=O)C(O)[C@]21O. The Morgan fingerprint density at radius 2 is 1.96 bits per heavy atom. The van der Waals surface area contributed by atoms with Crippen molar-refractivity contribution in [3.05, 3.63) is 53.1 Å². The number of aldehydes is 1. The predicted molar refractivity (Wildman–Crippen MR) is 97.1 cm³/mol. The molecule has 2 aromatic rings. The Hall–Kier alpha value is -3.08. The van der Waals surface area contributed by atoms with E-state index < -0.39 is 23.2 Å². The van der Waals surface area contributed by atoms with Crippen LogP contribution in [0, 0.1) is 17.2 Å². The molecule has 0 spiro atoms. The van der Waals surface area contributed by atoms with Crippen LogP contribution in [0.4, 0.5) is 0 Å². The highest BCUT2D eigenvalue weighted by Crippen LogP contribution is 2.65. The molecular formula is C21H19NO6. The highest BCUT2D eigenvalue weighted by molar-refractivity contribution is 5.65. The largest absolute Gasteiger partial charge is 0.496 e. The number of aliphatic hydroxyl groups excluding tert-OH is 1. The third-order valence-corrected chi connectivity index (χ3v) is 5.79. The number of carbonyl (C=O) groups excluding carboxylic acids is 1. The minimum atomic E-state index is -1.92. The maximum atomic E-state index is 11.8. The zero-order valence-corrected chi connectivity index (χ0v) is 15.4. The van der Waals surface area contributed by atoms with Gasteiger partial charge < -0.3 is 29.2 Å². The Balaban J connectivity index is 1.99. The van der Waals surface area contributed by atoms with Crippen LogP contribution in [0.2, 0.25) is 0 Å². The molecule has 1 heterocycles. The highest BCUT2D eigenvalue weighted by atomic mass is 16.5. The van der Waals surface area contributed by atoms with Crippen LogP contribution in [-0.4, -0.2) is 36.8 Å². The van der Waals surface area contributed by atoms with E-state index in [2.05, 4.69) is 0 Å². The van der Waals surface area contributed by atoms with Crippen molar-refractivity contribution in [2.45, 2.75) is 23.7 Å². The molecule has 0 aromatic heterocycles. The van der Waals surface area contributed by atoms with E-state index in [-0.39, 0.29) is 17.7 Å². The number of rotatable bonds is 4. The van der Waals surface area contributed by atoms with E-state index in [1.165, 1.54) is 14.2 Å². The minimum Gasteiger partial charge on any atom is -0.496 e. The van der Waals surface area contributed by atoms with Crippen LogP contribution in [-0.2, 0) is 16.0 Å². The summed E-state index contributed by atoms with van der Waals surface area (Å²) in [5.41, 5.74) is -2.05. The fourth-order valence-corrected chi connectivity index (χ4v) is 4.44. The molecular weight excluding hydrogens is 362 g/mol. The average molecular weight is 381 g/mol. The number of fused-ring (bicyclic) bond motifs is 3. The van der Waals surface area contributed by atoms with Crippen LogP contribution in [0.1, 0.15) is 23.1 Å². The third kappa shape index (κ3) is 2.13. The zero-order chi connectivity index (χ0) is 20.1. The van der Waals surface area contributed by atoms with Gasteiger partial charge in [-0.15, -0.1) is 0 Å². The van der Waals surface area contributed by atoms with Gasteiger partial charge in [0.1, 0.15) is 29.6 Å². The number of methoxy groups -OCH3 is 2. The summed E-state index contributed by atoms with van der Waals surface area (Å²) in [5, 5.41) is 31.9. The number of hydrogen-bond acceptors (Lipinski definition) is 7. The Bertz CT molecular complexity index is 982. The summed E-state index contributed by atoms with van der Waals surface area (Å²) in [6.45, 7) is 0. The first kappa shape index (κ1) is 18.3. The lowest BCUT2D eigenvalue weighted by Gasteiger charge is -2.37. The van der Waals surface area contributed by atoms with E-state index >= 15 is 0 Å². The third-order valence-electron chi connectivity index (χ3n) is 5.79. The van der Waals surface area contributed by atoms with Gasteiger partial charge in [-0.3, -0.25) is 0 Å². The molecule has 0 bridgehead atoms. The maximum absolute atomic E-state index is 11.8. The van der Waals surface area contributed by atoms with E-state index in [1.54, 1.807) is 36.4 Å². The second kappa shape index (κ2) is 6.23. The topological polar surface area (TPSA) is 109 Å². The van der Waals surface area contributed by atoms with E-state index in [4.69, 9.17) is 19.5 Å². The van der Waals surface area contributed by atoms with Crippen molar-refractivity contribution in [1.29, 1.82) is 5.26 Å². The molecule has 4 atom stereocenters. The molecule has 2 N–H and O–H groups in total. The van der Waals surface area contributed by atoms with Crippen LogP contribution in [0.3, 0.4) is 0 Å². The Morgan fingerprint density at radius 3 is 2.54 bits per heavy atom. The van der Waals surface area contributed by atoms with Crippen LogP contribution in [0.5, 0.6) is 17.2 Å². The normalized spacial score (nSPS) is 30.0. The molecule has 0 saturated heterocycles. The monoisotopic (exact) mass is 381 g/mol. The van der Waals surface area contributed by atoms with Crippen molar-refractivity contribution < 1.29 is 29.2 Å². The van der Waals surface area contributed by atoms with Crippen LogP contribution < -0.4 is 14.2 Å². The first-order valence-electron chi connectivity index (χ1n) is 8.77. The second-order valence-electron chi connectivity index (χ2n) is 7.04. The lowest BCUT2D eigenvalue weighted by molar-refractivity contribution is -0.150. The van der Waals surface area contributed by atoms with Gasteiger partial charge in [0.05, 0.1) is 31.4 Å². The van der Waals surface area contributed by atoms with Gasteiger partial charge in [-0.05, 0) is 17.7 Å². The molecule has 4 rings (SSSR count). The number of aliphatic hydroxyl groups is 2. The van der Waals surface area contributed by atoms with Crippen LogP contribution in [0.25, 0.3) is 0 Å². The Morgan fingerprint density at radius 1 is 1.25 bits per heavy atom. The molecule has 1 fully saturated rings. The smallest absolute Gasteiger partial charge is 0.170 e. The fourth-order valence-electron chi connectivity index (χ4n) is 4.44. The van der Waals surface area contributed by atoms with Crippen molar-refractivity contribution in [1.82, 2.24) is 0 Å². The summed E-state index contributed by atoms with van der Waals surface area (Å²) < 4.78 is 17.0. The summed E-state index contributed by atoms with van der Waals surface area (Å²) >= 11 is 0. The lowest BCUT2D eigenvalue weighted by atomic mass is 9.76. The molecule has 2 aliphatic rings. The van der Waals surface area contributed by atoms with E-state index in [0.717, 1.165) is 0 Å². The van der Waals surface area contributed by atoms with Crippen LogP contribution >= 0.6 is 0 Å². The van der Waals surface area contributed by atoms with Gasteiger partial charge in [0.25, 0.3) is 0 Å². The van der Waals surface area contributed by atoms with Crippen LogP contribution in [0.15, 0.2) is 36.4 Å². The lowest BCUT2D eigenvalue weighted by Crippen LogP contribution is -2.50. The van der Waals surface area contributed by atoms with E-state index in [0.29, 0.717) is 28.9 Å². The fraction of sp³-hybridized carbons (Fsp3) is 0.333. The standard InChI is InChI=1S/C21H19NO6/c1-26-15-7-16(27-2)18-17(8-15)28-20(14-5-3-12(10-22)4-6-14)9-13(11-23)19(24)21(18,20)25/h3-8,11,13,19,24-25H,9H2,1-2H3/t13?,19?,20-,21+/m0/s1. The van der Waals surface area contributed by atoms with E-state index in [9.17, 15) is 15.0 Å². The number of nitrogens with zero attached hydrogens (tertiary/aromatic N) is 1. The summed E-state index contributed by atoms with van der Waals surface area (Å²) in [6.07, 6.45) is -0.699. The van der Waals surface area contributed by atoms with Crippen molar-refractivity contribution in [3.8, 4) is 23.3 Å². The molecule has 0 radical (unpaired) electrons. The summed E-state index contributed by atoms with van der Waals surface area (Å²) in [6, 6.07) is 11.8. The molecule has 0 amide bonds. The molecule has 7 heteroatoms. The molecule has 2 aromatic carbocycles. The Kier molecular flexibility index (Phi) is 4.07. The van der Waals surface area contributed by atoms with Gasteiger partial charge in [0.15, 0.2) is 11.2 Å². The quantitative estimate of drug-likeness (QED) is 0.775. The highest BCUT2D eigenvalue weighted by Gasteiger charge is 2.72. The van der Waals surface area contributed by atoms with Gasteiger partial charge in [0, 0.05) is 24.5 Å². The van der Waals surface area contributed by atoms with Crippen molar-refractivity contribution in [3.63, 3.8) is 0 Å². The molecule has 2 unspecified atom stereocenters. The van der Waals surface area contributed by atoms with Crippen molar-refractivity contribution in [2.75, 3.05) is 14.2 Å². The minimum absolute atomic E-state index is 0.0697. The number of carbonyl (C=O) groups is 1. The summed E-state index contributed by atoms with van der Waals surface area (Å²) in [7, 11) is 2.94. The average Bonchev–Trinajstić information content (AvgIpc) is 3.12. The second-order valence-corrected chi connectivity index (χ2v) is 7.04. The number of nitriles is 1. The number of hydrogen-bond donors (Lipinski definition) is 2. The summed E-state index contributed by atoms with van der Waals surface area (Å²) in [4.78, 5) is 11.6. The van der Waals surface area contributed by atoms with Gasteiger partial charge >= 0.3 is 0 Å². The molecule has 1 saturated carbocycles.